The van der Waals surface area contributed by atoms with E-state index < -0.39 is 16.1 Å². The molecular formula is C20H26ClN3O5S. The SMILES string of the molecule is CS(=O)(=O)Nc1ccc(Oc2ccc(CN3CCC(OC(N)=O)CC3)cc2)cc1.Cl. The Morgan fingerprint density at radius 2 is 1.60 bits per heavy atom. The van der Waals surface area contributed by atoms with Crippen molar-refractivity contribution >= 4 is 34.2 Å². The Morgan fingerprint density at radius 1 is 1.07 bits per heavy atom. The van der Waals surface area contributed by atoms with Crippen LogP contribution in [0.1, 0.15) is 18.4 Å². The molecule has 8 nitrogen and oxygen atoms in total. The minimum Gasteiger partial charge on any atom is -0.457 e. The van der Waals surface area contributed by atoms with Crippen LogP contribution < -0.4 is 15.2 Å². The number of hydrogen-bond donors (Lipinski definition) is 2. The number of halogens is 1. The number of likely N-dealkylation sites (tertiary alicyclic amines) is 1. The zero-order chi connectivity index (χ0) is 20.9. The first-order valence-corrected chi connectivity index (χ1v) is 11.2. The van der Waals surface area contributed by atoms with Gasteiger partial charge >= 0.3 is 6.09 Å². The summed E-state index contributed by atoms with van der Waals surface area (Å²) in [6, 6.07) is 14.6. The minimum atomic E-state index is -3.30. The van der Waals surface area contributed by atoms with Crippen LogP contribution in [0, 0.1) is 0 Å². The third kappa shape index (κ3) is 7.74. The highest BCUT2D eigenvalue weighted by atomic mass is 35.5. The molecule has 1 aliphatic rings. The number of piperidine rings is 1. The third-order valence-electron chi connectivity index (χ3n) is 4.54. The predicted molar refractivity (Wildman–Crippen MR) is 118 cm³/mol. The van der Waals surface area contributed by atoms with E-state index in [1.807, 2.05) is 24.3 Å². The van der Waals surface area contributed by atoms with Crippen LogP contribution in [-0.2, 0) is 21.3 Å². The van der Waals surface area contributed by atoms with Crippen molar-refractivity contribution in [3.05, 3.63) is 54.1 Å². The quantitative estimate of drug-likeness (QED) is 0.662. The number of carbonyl (C=O) groups is 1. The van der Waals surface area contributed by atoms with E-state index in [0.29, 0.717) is 17.2 Å². The van der Waals surface area contributed by atoms with Gasteiger partial charge in [0, 0.05) is 25.3 Å². The highest BCUT2D eigenvalue weighted by Crippen LogP contribution is 2.24. The molecule has 0 radical (unpaired) electrons. The Balaban J connectivity index is 0.00000320. The van der Waals surface area contributed by atoms with Crippen molar-refractivity contribution in [3.63, 3.8) is 0 Å². The summed E-state index contributed by atoms with van der Waals surface area (Å²) >= 11 is 0. The standard InChI is InChI=1S/C20H25N3O5S.ClH/c1-29(25,26)22-16-4-8-18(9-5-16)27-17-6-2-15(3-7-17)14-23-12-10-19(11-13-23)28-20(21)24;/h2-9,19,22H,10-14H2,1H3,(H2,21,24);1H. The predicted octanol–water partition coefficient (Wildman–Crippen LogP) is 3.33. The van der Waals surface area contributed by atoms with Crippen LogP contribution in [-0.4, -0.2) is 44.9 Å². The number of benzene rings is 2. The highest BCUT2D eigenvalue weighted by molar-refractivity contribution is 7.92. The van der Waals surface area contributed by atoms with Crippen molar-refractivity contribution in [2.24, 2.45) is 5.73 Å². The zero-order valence-electron chi connectivity index (χ0n) is 16.6. The van der Waals surface area contributed by atoms with Gasteiger partial charge in [0.15, 0.2) is 0 Å². The van der Waals surface area contributed by atoms with Crippen LogP contribution in [0.5, 0.6) is 11.5 Å². The van der Waals surface area contributed by atoms with Crippen molar-refractivity contribution in [2.45, 2.75) is 25.5 Å². The normalized spacial score (nSPS) is 15.1. The lowest BCUT2D eigenvalue weighted by molar-refractivity contribution is 0.0541. The van der Waals surface area contributed by atoms with Crippen molar-refractivity contribution in [2.75, 3.05) is 24.1 Å². The van der Waals surface area contributed by atoms with Gasteiger partial charge in [0.2, 0.25) is 10.0 Å². The maximum atomic E-state index is 11.2. The van der Waals surface area contributed by atoms with E-state index in [0.717, 1.165) is 38.7 Å². The largest absolute Gasteiger partial charge is 0.457 e. The molecule has 0 atom stereocenters. The van der Waals surface area contributed by atoms with Crippen molar-refractivity contribution in [1.82, 2.24) is 4.90 Å². The van der Waals surface area contributed by atoms with Crippen LogP contribution in [0.2, 0.25) is 0 Å². The topological polar surface area (TPSA) is 111 Å². The molecule has 10 heteroatoms. The van der Waals surface area contributed by atoms with Gasteiger partial charge in [-0.25, -0.2) is 13.2 Å². The summed E-state index contributed by atoms with van der Waals surface area (Å²) in [4.78, 5) is 13.1. The molecule has 0 bridgehead atoms. The van der Waals surface area contributed by atoms with Gasteiger partial charge in [-0.1, -0.05) is 12.1 Å². The Hall–Kier alpha value is -2.49. The van der Waals surface area contributed by atoms with Crippen molar-refractivity contribution in [1.29, 1.82) is 0 Å². The van der Waals surface area contributed by atoms with E-state index in [1.165, 1.54) is 5.56 Å². The molecule has 1 saturated heterocycles. The van der Waals surface area contributed by atoms with E-state index in [1.54, 1.807) is 24.3 Å². The molecule has 2 aromatic rings. The highest BCUT2D eigenvalue weighted by Gasteiger charge is 2.21. The fourth-order valence-corrected chi connectivity index (χ4v) is 3.78. The molecule has 3 N–H and O–H groups in total. The number of rotatable bonds is 7. The monoisotopic (exact) mass is 455 g/mol. The molecule has 1 heterocycles. The number of sulfonamides is 1. The fourth-order valence-electron chi connectivity index (χ4n) is 3.21. The maximum absolute atomic E-state index is 11.2. The number of amides is 1. The van der Waals surface area contributed by atoms with Crippen molar-refractivity contribution < 1.29 is 22.7 Å². The molecule has 1 fully saturated rings. The second-order valence-corrected chi connectivity index (χ2v) is 8.81. The Bertz CT molecular complexity index is 928. The molecule has 0 saturated carbocycles. The Labute approximate surface area is 182 Å². The van der Waals surface area contributed by atoms with Crippen LogP contribution in [0.4, 0.5) is 10.5 Å². The molecule has 0 aliphatic carbocycles. The molecule has 0 unspecified atom stereocenters. The third-order valence-corrected chi connectivity index (χ3v) is 5.15. The first-order chi connectivity index (χ1) is 13.8. The second kappa shape index (κ2) is 10.5. The van der Waals surface area contributed by atoms with E-state index in [9.17, 15) is 13.2 Å². The van der Waals surface area contributed by atoms with E-state index >= 15 is 0 Å². The molecule has 0 aromatic heterocycles. The number of nitrogens with two attached hydrogens (primary N) is 1. The summed E-state index contributed by atoms with van der Waals surface area (Å²) in [6.45, 7) is 2.52. The van der Waals surface area contributed by atoms with Gasteiger partial charge in [-0.15, -0.1) is 12.4 Å². The number of nitrogens with one attached hydrogen (secondary N) is 1. The van der Waals surface area contributed by atoms with Crippen LogP contribution >= 0.6 is 12.4 Å². The summed E-state index contributed by atoms with van der Waals surface area (Å²) in [5, 5.41) is 0. The Morgan fingerprint density at radius 3 is 2.10 bits per heavy atom. The average molecular weight is 456 g/mol. The van der Waals surface area contributed by atoms with Gasteiger partial charge < -0.3 is 15.2 Å². The number of ether oxygens (including phenoxy) is 2. The van der Waals surface area contributed by atoms with E-state index in [4.69, 9.17) is 15.2 Å². The lowest BCUT2D eigenvalue weighted by atomic mass is 10.1. The van der Waals surface area contributed by atoms with Gasteiger partial charge in [-0.05, 0) is 54.8 Å². The number of carbonyl (C=O) groups excluding carboxylic acids is 1. The molecule has 0 spiro atoms. The molecule has 2 aromatic carbocycles. The lowest BCUT2D eigenvalue weighted by Gasteiger charge is -2.31. The molecule has 3 rings (SSSR count). The van der Waals surface area contributed by atoms with Crippen LogP contribution in [0.3, 0.4) is 0 Å². The Kier molecular flexibility index (Phi) is 8.33. The molecule has 1 aliphatic heterocycles. The molecule has 30 heavy (non-hydrogen) atoms. The summed E-state index contributed by atoms with van der Waals surface area (Å²) in [7, 11) is -3.30. The van der Waals surface area contributed by atoms with E-state index in [-0.39, 0.29) is 18.5 Å². The van der Waals surface area contributed by atoms with Gasteiger partial charge in [-0.2, -0.15) is 0 Å². The number of nitrogens with zero attached hydrogens (tertiary/aromatic N) is 1. The summed E-state index contributed by atoms with van der Waals surface area (Å²) < 4.78 is 35.8. The van der Waals surface area contributed by atoms with Crippen LogP contribution in [0.15, 0.2) is 48.5 Å². The molecule has 1 amide bonds. The average Bonchev–Trinajstić information content (AvgIpc) is 2.65. The number of hydrogen-bond acceptors (Lipinski definition) is 6. The van der Waals surface area contributed by atoms with Gasteiger partial charge in [0.1, 0.15) is 17.6 Å². The first-order valence-electron chi connectivity index (χ1n) is 9.30. The smallest absolute Gasteiger partial charge is 0.404 e. The molecule has 164 valence electrons. The summed E-state index contributed by atoms with van der Waals surface area (Å²) in [5.74, 6) is 1.32. The van der Waals surface area contributed by atoms with E-state index in [2.05, 4.69) is 9.62 Å². The maximum Gasteiger partial charge on any atom is 0.404 e. The minimum absolute atomic E-state index is 0. The summed E-state index contributed by atoms with van der Waals surface area (Å²) in [5.41, 5.74) is 6.72. The second-order valence-electron chi connectivity index (χ2n) is 7.06. The molecular weight excluding hydrogens is 430 g/mol. The number of primary amides is 1. The van der Waals surface area contributed by atoms with Gasteiger partial charge in [0.25, 0.3) is 0 Å². The van der Waals surface area contributed by atoms with Crippen molar-refractivity contribution in [3.8, 4) is 11.5 Å². The first kappa shape index (κ1) is 23.8. The lowest BCUT2D eigenvalue weighted by Crippen LogP contribution is -2.38. The zero-order valence-corrected chi connectivity index (χ0v) is 18.2. The van der Waals surface area contributed by atoms with Gasteiger partial charge in [-0.3, -0.25) is 9.62 Å². The summed E-state index contributed by atoms with van der Waals surface area (Å²) in [6.07, 6.45) is 1.89. The number of anilines is 1. The van der Waals surface area contributed by atoms with Crippen LogP contribution in [0.25, 0.3) is 0 Å². The fraction of sp³-hybridized carbons (Fsp3) is 0.350. The van der Waals surface area contributed by atoms with Gasteiger partial charge in [0.05, 0.1) is 6.26 Å².